The molecule has 0 saturated carbocycles. The van der Waals surface area contributed by atoms with Gasteiger partial charge in [-0.2, -0.15) is 0 Å². The van der Waals surface area contributed by atoms with Gasteiger partial charge in [-0.3, -0.25) is 4.79 Å². The van der Waals surface area contributed by atoms with Crippen molar-refractivity contribution >= 4 is 28.6 Å². The number of rotatable bonds is 5. The number of nitrogens with zero attached hydrogens (tertiary/aromatic N) is 1. The molecule has 0 saturated heterocycles. The van der Waals surface area contributed by atoms with E-state index in [2.05, 4.69) is 34.7 Å². The van der Waals surface area contributed by atoms with Gasteiger partial charge in [0.15, 0.2) is 0 Å². The fourth-order valence-electron chi connectivity index (χ4n) is 2.26. The predicted octanol–water partition coefficient (Wildman–Crippen LogP) is 2.76. The van der Waals surface area contributed by atoms with Crippen molar-refractivity contribution in [2.75, 3.05) is 24.7 Å². The summed E-state index contributed by atoms with van der Waals surface area (Å²) in [6, 6.07) is 9.98. The quantitative estimate of drug-likeness (QED) is 0.835. The zero-order valence-corrected chi connectivity index (χ0v) is 13.4. The highest BCUT2D eigenvalue weighted by molar-refractivity contribution is 7.09. The average Bonchev–Trinajstić information content (AvgIpc) is 2.98. The second-order valence-corrected chi connectivity index (χ2v) is 6.13. The summed E-state index contributed by atoms with van der Waals surface area (Å²) >= 11 is 1.77. The maximum atomic E-state index is 11.6. The van der Waals surface area contributed by atoms with Crippen LogP contribution in [0.3, 0.4) is 0 Å². The van der Waals surface area contributed by atoms with E-state index in [1.807, 2.05) is 13.1 Å². The number of likely N-dealkylation sites (N-methyl/N-ethyl adjacent to an activating group) is 1. The minimum atomic E-state index is -0.123. The van der Waals surface area contributed by atoms with Gasteiger partial charge in [-0.15, -0.1) is 11.3 Å². The number of carbonyl (C=O) groups is 1. The number of anilines is 2. The Morgan fingerprint density at radius 2 is 2.19 bits per heavy atom. The first-order valence-corrected chi connectivity index (χ1v) is 7.77. The minimum absolute atomic E-state index is 0.123. The van der Waals surface area contributed by atoms with Gasteiger partial charge in [0, 0.05) is 37.0 Å². The molecule has 1 atom stereocenters. The predicted molar refractivity (Wildman–Crippen MR) is 90.1 cm³/mol. The molecule has 2 aromatic rings. The molecule has 1 heterocycles. The number of carbonyl (C=O) groups excluding carboxylic acids is 1. The molecular weight excluding hydrogens is 282 g/mol. The van der Waals surface area contributed by atoms with Gasteiger partial charge in [0.2, 0.25) is 0 Å². The number of thiophene rings is 1. The van der Waals surface area contributed by atoms with Crippen LogP contribution in [-0.4, -0.2) is 26.0 Å². The highest BCUT2D eigenvalue weighted by Crippen LogP contribution is 2.26. The zero-order valence-electron chi connectivity index (χ0n) is 12.6. The molecule has 4 nitrogen and oxygen atoms in total. The second-order valence-electron chi connectivity index (χ2n) is 5.10. The van der Waals surface area contributed by atoms with Crippen molar-refractivity contribution in [1.29, 1.82) is 0 Å². The van der Waals surface area contributed by atoms with Crippen LogP contribution in [0.5, 0.6) is 0 Å². The largest absolute Gasteiger partial charge is 0.397 e. The lowest BCUT2D eigenvalue weighted by Gasteiger charge is -2.28. The normalized spacial score (nSPS) is 12.0. The molecular formula is C16H21N3OS. The Balaban J connectivity index is 2.15. The second kappa shape index (κ2) is 6.63. The van der Waals surface area contributed by atoms with Gasteiger partial charge in [0.25, 0.3) is 5.91 Å². The molecule has 1 aromatic heterocycles. The third-order valence-corrected chi connectivity index (χ3v) is 4.53. The van der Waals surface area contributed by atoms with Gasteiger partial charge in [0.05, 0.1) is 11.4 Å². The molecule has 0 bridgehead atoms. The van der Waals surface area contributed by atoms with E-state index >= 15 is 0 Å². The molecule has 3 N–H and O–H groups in total. The molecule has 5 heteroatoms. The molecule has 0 aliphatic heterocycles. The summed E-state index contributed by atoms with van der Waals surface area (Å²) in [5.74, 6) is -0.123. The molecule has 2 rings (SSSR count). The molecule has 21 heavy (non-hydrogen) atoms. The van der Waals surface area contributed by atoms with E-state index < -0.39 is 0 Å². The highest BCUT2D eigenvalue weighted by atomic mass is 32.1. The maximum absolute atomic E-state index is 11.6. The molecule has 1 aromatic carbocycles. The third-order valence-electron chi connectivity index (χ3n) is 3.63. The molecule has 0 aliphatic carbocycles. The molecule has 0 radical (unpaired) electrons. The van der Waals surface area contributed by atoms with E-state index in [4.69, 9.17) is 5.73 Å². The lowest BCUT2D eigenvalue weighted by Crippen LogP contribution is -2.31. The van der Waals surface area contributed by atoms with Crippen LogP contribution in [0.25, 0.3) is 0 Å². The summed E-state index contributed by atoms with van der Waals surface area (Å²) in [7, 11) is 3.64. The first-order valence-electron chi connectivity index (χ1n) is 6.89. The minimum Gasteiger partial charge on any atom is -0.397 e. The van der Waals surface area contributed by atoms with E-state index in [-0.39, 0.29) is 5.91 Å². The highest BCUT2D eigenvalue weighted by Gasteiger charge is 2.15. The molecule has 1 amide bonds. The van der Waals surface area contributed by atoms with Crippen molar-refractivity contribution in [2.24, 2.45) is 0 Å². The van der Waals surface area contributed by atoms with Crippen LogP contribution in [-0.2, 0) is 6.42 Å². The summed E-state index contributed by atoms with van der Waals surface area (Å²) in [4.78, 5) is 15.1. The summed E-state index contributed by atoms with van der Waals surface area (Å²) in [6.07, 6.45) is 0.977. The van der Waals surface area contributed by atoms with Crippen molar-refractivity contribution < 1.29 is 4.79 Å². The van der Waals surface area contributed by atoms with Gasteiger partial charge in [-0.05, 0) is 36.6 Å². The van der Waals surface area contributed by atoms with Gasteiger partial charge < -0.3 is 16.0 Å². The Bertz CT molecular complexity index is 610. The number of hydrogen-bond donors (Lipinski definition) is 2. The average molecular weight is 303 g/mol. The number of nitrogens with two attached hydrogens (primary N) is 1. The van der Waals surface area contributed by atoms with E-state index in [9.17, 15) is 4.79 Å². The number of benzene rings is 1. The van der Waals surface area contributed by atoms with Crippen LogP contribution in [0.1, 0.15) is 22.2 Å². The Hall–Kier alpha value is -2.01. The standard InChI is InChI=1S/C16H21N3OS/c1-11(9-13-5-4-8-21-13)19(3)15-7-6-12(10-14(15)17)16(20)18-2/h4-8,10-11H,9,17H2,1-3H3,(H,18,20). The molecule has 1 unspecified atom stereocenters. The fraction of sp³-hybridized carbons (Fsp3) is 0.312. The molecule has 112 valence electrons. The summed E-state index contributed by atoms with van der Waals surface area (Å²) in [5.41, 5.74) is 8.26. The Labute approximate surface area is 129 Å². The Morgan fingerprint density at radius 3 is 2.76 bits per heavy atom. The van der Waals surface area contributed by atoms with Crippen LogP contribution >= 0.6 is 11.3 Å². The fourth-order valence-corrected chi connectivity index (χ4v) is 3.08. The van der Waals surface area contributed by atoms with Crippen molar-refractivity contribution in [3.63, 3.8) is 0 Å². The first kappa shape index (κ1) is 15.4. The van der Waals surface area contributed by atoms with Crippen molar-refractivity contribution in [2.45, 2.75) is 19.4 Å². The Kier molecular flexibility index (Phi) is 4.85. The number of nitrogens with one attached hydrogen (secondary N) is 1. The lowest BCUT2D eigenvalue weighted by atomic mass is 10.1. The molecule has 0 spiro atoms. The summed E-state index contributed by atoms with van der Waals surface area (Å²) < 4.78 is 0. The Morgan fingerprint density at radius 1 is 1.43 bits per heavy atom. The van der Waals surface area contributed by atoms with Crippen LogP contribution in [0.2, 0.25) is 0 Å². The van der Waals surface area contributed by atoms with Gasteiger partial charge in [-0.25, -0.2) is 0 Å². The van der Waals surface area contributed by atoms with Crippen LogP contribution < -0.4 is 16.0 Å². The number of amides is 1. The van der Waals surface area contributed by atoms with Crippen molar-refractivity contribution in [1.82, 2.24) is 5.32 Å². The number of nitrogen functional groups attached to an aromatic ring is 1. The van der Waals surface area contributed by atoms with E-state index in [1.54, 1.807) is 30.5 Å². The summed E-state index contributed by atoms with van der Waals surface area (Å²) in [5, 5.41) is 4.69. The first-order chi connectivity index (χ1) is 10.0. The molecule has 0 aliphatic rings. The zero-order chi connectivity index (χ0) is 15.4. The van der Waals surface area contributed by atoms with E-state index in [0.29, 0.717) is 17.3 Å². The number of hydrogen-bond acceptors (Lipinski definition) is 4. The third kappa shape index (κ3) is 3.55. The van der Waals surface area contributed by atoms with Crippen LogP contribution in [0.15, 0.2) is 35.7 Å². The van der Waals surface area contributed by atoms with Crippen molar-refractivity contribution in [3.05, 3.63) is 46.2 Å². The smallest absolute Gasteiger partial charge is 0.251 e. The monoisotopic (exact) mass is 303 g/mol. The topological polar surface area (TPSA) is 58.4 Å². The van der Waals surface area contributed by atoms with Gasteiger partial charge in [0.1, 0.15) is 0 Å². The lowest BCUT2D eigenvalue weighted by molar-refractivity contribution is 0.0963. The van der Waals surface area contributed by atoms with Crippen LogP contribution in [0, 0.1) is 0 Å². The van der Waals surface area contributed by atoms with E-state index in [0.717, 1.165) is 12.1 Å². The summed E-state index contributed by atoms with van der Waals surface area (Å²) in [6.45, 7) is 2.17. The molecule has 0 fully saturated rings. The van der Waals surface area contributed by atoms with Gasteiger partial charge >= 0.3 is 0 Å². The van der Waals surface area contributed by atoms with Crippen LogP contribution in [0.4, 0.5) is 11.4 Å². The van der Waals surface area contributed by atoms with Gasteiger partial charge in [-0.1, -0.05) is 6.07 Å². The van der Waals surface area contributed by atoms with E-state index in [1.165, 1.54) is 4.88 Å². The SMILES string of the molecule is CNC(=O)c1ccc(N(C)C(C)Cc2cccs2)c(N)c1. The maximum Gasteiger partial charge on any atom is 0.251 e. The van der Waals surface area contributed by atoms with Crippen molar-refractivity contribution in [3.8, 4) is 0 Å².